The summed E-state index contributed by atoms with van der Waals surface area (Å²) in [7, 11) is 0. The second-order valence-electron chi connectivity index (χ2n) is 5.23. The quantitative estimate of drug-likeness (QED) is 0.490. The Kier molecular flexibility index (Phi) is 5.60. The Morgan fingerprint density at radius 3 is 2.46 bits per heavy atom. The van der Waals surface area contributed by atoms with Gasteiger partial charge in [-0.15, -0.1) is 0 Å². The van der Waals surface area contributed by atoms with Gasteiger partial charge in [-0.1, -0.05) is 40.2 Å². The normalized spacial score (nSPS) is 10.7. The van der Waals surface area contributed by atoms with E-state index in [1.165, 1.54) is 12.5 Å². The summed E-state index contributed by atoms with van der Waals surface area (Å²) in [4.78, 5) is 24.5. The number of carbonyl (C=O) groups is 2. The van der Waals surface area contributed by atoms with Crippen molar-refractivity contribution in [3.63, 3.8) is 0 Å². The molecule has 0 saturated carbocycles. The first kappa shape index (κ1) is 17.6. The number of benzene rings is 2. The first-order chi connectivity index (χ1) is 12.6. The van der Waals surface area contributed by atoms with Gasteiger partial charge in [-0.25, -0.2) is 5.43 Å². The SMILES string of the molecule is O=C(Nc1ccccc1C(=O)N/N=C\c1ccc(Br)cc1)c1ccco1. The summed E-state index contributed by atoms with van der Waals surface area (Å²) in [6.07, 6.45) is 2.94. The van der Waals surface area contributed by atoms with E-state index in [-0.39, 0.29) is 5.76 Å². The first-order valence-electron chi connectivity index (χ1n) is 7.66. The molecule has 3 rings (SSSR count). The Morgan fingerprint density at radius 2 is 1.73 bits per heavy atom. The molecule has 7 heteroatoms. The maximum atomic E-state index is 12.4. The van der Waals surface area contributed by atoms with Crippen LogP contribution in [0, 0.1) is 0 Å². The number of halogens is 1. The molecule has 0 bridgehead atoms. The average molecular weight is 412 g/mol. The number of furan rings is 1. The van der Waals surface area contributed by atoms with E-state index < -0.39 is 11.8 Å². The van der Waals surface area contributed by atoms with Crippen molar-refractivity contribution in [2.45, 2.75) is 0 Å². The van der Waals surface area contributed by atoms with Gasteiger partial charge in [0.2, 0.25) is 0 Å². The largest absolute Gasteiger partial charge is 0.459 e. The van der Waals surface area contributed by atoms with E-state index in [4.69, 9.17) is 4.42 Å². The van der Waals surface area contributed by atoms with Gasteiger partial charge in [0.25, 0.3) is 11.8 Å². The lowest BCUT2D eigenvalue weighted by Gasteiger charge is -2.08. The Hall–Kier alpha value is -3.19. The molecule has 0 fully saturated rings. The van der Waals surface area contributed by atoms with Crippen LogP contribution < -0.4 is 10.7 Å². The summed E-state index contributed by atoms with van der Waals surface area (Å²) < 4.78 is 6.01. The second kappa shape index (κ2) is 8.26. The van der Waals surface area contributed by atoms with Gasteiger partial charge < -0.3 is 9.73 Å². The molecule has 2 N–H and O–H groups in total. The molecule has 0 unspecified atom stereocenters. The first-order valence-corrected chi connectivity index (χ1v) is 8.45. The lowest BCUT2D eigenvalue weighted by Crippen LogP contribution is -2.21. The molecule has 1 aromatic heterocycles. The fourth-order valence-electron chi connectivity index (χ4n) is 2.16. The van der Waals surface area contributed by atoms with Crippen LogP contribution in [-0.4, -0.2) is 18.0 Å². The number of amides is 2. The third kappa shape index (κ3) is 4.46. The van der Waals surface area contributed by atoms with Crippen molar-refractivity contribution in [3.05, 3.63) is 88.3 Å². The average Bonchev–Trinajstić information content (AvgIpc) is 3.18. The topological polar surface area (TPSA) is 83.7 Å². The van der Waals surface area contributed by atoms with Crippen molar-refractivity contribution in [1.29, 1.82) is 0 Å². The number of hydrogen-bond donors (Lipinski definition) is 2. The summed E-state index contributed by atoms with van der Waals surface area (Å²) >= 11 is 3.35. The standard InChI is InChI=1S/C19H14BrN3O3/c20-14-9-7-13(8-10-14)12-21-23-18(24)15-4-1-2-5-16(15)22-19(25)17-6-3-11-26-17/h1-12H,(H,22,25)(H,23,24)/b21-12-. The summed E-state index contributed by atoms with van der Waals surface area (Å²) in [5, 5.41) is 6.60. The third-order valence-electron chi connectivity index (χ3n) is 3.41. The van der Waals surface area contributed by atoms with Gasteiger partial charge in [0.15, 0.2) is 5.76 Å². The molecule has 2 aromatic carbocycles. The highest BCUT2D eigenvalue weighted by atomic mass is 79.9. The molecule has 1 heterocycles. The van der Waals surface area contributed by atoms with Crippen LogP contribution in [0.4, 0.5) is 5.69 Å². The Balaban J connectivity index is 1.69. The number of nitrogens with zero attached hydrogens (tertiary/aromatic N) is 1. The van der Waals surface area contributed by atoms with Crippen molar-refractivity contribution in [3.8, 4) is 0 Å². The lowest BCUT2D eigenvalue weighted by molar-refractivity contribution is 0.0956. The Morgan fingerprint density at radius 1 is 0.962 bits per heavy atom. The van der Waals surface area contributed by atoms with Crippen LogP contribution in [0.2, 0.25) is 0 Å². The summed E-state index contributed by atoms with van der Waals surface area (Å²) in [5.41, 5.74) is 3.95. The van der Waals surface area contributed by atoms with Crippen LogP contribution in [0.15, 0.2) is 80.9 Å². The van der Waals surface area contributed by atoms with Gasteiger partial charge >= 0.3 is 0 Å². The Labute approximate surface area is 158 Å². The summed E-state index contributed by atoms with van der Waals surface area (Å²) in [5.74, 6) is -0.712. The van der Waals surface area contributed by atoms with E-state index in [0.29, 0.717) is 11.3 Å². The number of anilines is 1. The minimum absolute atomic E-state index is 0.161. The number of carbonyl (C=O) groups excluding carboxylic acids is 2. The van der Waals surface area contributed by atoms with Crippen LogP contribution in [0.25, 0.3) is 0 Å². The smallest absolute Gasteiger partial charge is 0.291 e. The van der Waals surface area contributed by atoms with Crippen LogP contribution in [0.5, 0.6) is 0 Å². The fraction of sp³-hybridized carbons (Fsp3) is 0. The molecule has 0 atom stereocenters. The molecule has 0 saturated heterocycles. The monoisotopic (exact) mass is 411 g/mol. The molecule has 130 valence electrons. The van der Waals surface area contributed by atoms with E-state index in [0.717, 1.165) is 10.0 Å². The highest BCUT2D eigenvalue weighted by Crippen LogP contribution is 2.16. The predicted octanol–water partition coefficient (Wildman–Crippen LogP) is 4.06. The van der Waals surface area contributed by atoms with E-state index in [1.807, 2.05) is 24.3 Å². The highest BCUT2D eigenvalue weighted by Gasteiger charge is 2.14. The van der Waals surface area contributed by atoms with Gasteiger partial charge in [-0.3, -0.25) is 9.59 Å². The molecular weight excluding hydrogens is 398 g/mol. The predicted molar refractivity (Wildman–Crippen MR) is 102 cm³/mol. The van der Waals surface area contributed by atoms with Crippen molar-refractivity contribution in [2.24, 2.45) is 5.10 Å². The molecular formula is C19H14BrN3O3. The molecule has 0 aliphatic rings. The van der Waals surface area contributed by atoms with E-state index in [1.54, 1.807) is 36.4 Å². The van der Waals surface area contributed by atoms with Crippen molar-refractivity contribution in [1.82, 2.24) is 5.43 Å². The van der Waals surface area contributed by atoms with Gasteiger partial charge in [0, 0.05) is 4.47 Å². The van der Waals surface area contributed by atoms with Crippen molar-refractivity contribution >= 4 is 39.6 Å². The zero-order chi connectivity index (χ0) is 18.4. The van der Waals surface area contributed by atoms with Crippen molar-refractivity contribution < 1.29 is 14.0 Å². The summed E-state index contributed by atoms with van der Waals surface area (Å²) in [6.45, 7) is 0. The molecule has 6 nitrogen and oxygen atoms in total. The Bertz CT molecular complexity index is 935. The van der Waals surface area contributed by atoms with E-state index in [2.05, 4.69) is 31.8 Å². The van der Waals surface area contributed by atoms with Crippen molar-refractivity contribution in [2.75, 3.05) is 5.32 Å². The van der Waals surface area contributed by atoms with Gasteiger partial charge in [-0.2, -0.15) is 5.10 Å². The zero-order valence-corrected chi connectivity index (χ0v) is 15.1. The van der Waals surface area contributed by atoms with E-state index >= 15 is 0 Å². The van der Waals surface area contributed by atoms with Gasteiger partial charge in [-0.05, 0) is 42.0 Å². The van der Waals surface area contributed by atoms with Gasteiger partial charge in [0.05, 0.1) is 23.7 Å². The second-order valence-corrected chi connectivity index (χ2v) is 6.14. The lowest BCUT2D eigenvalue weighted by atomic mass is 10.1. The van der Waals surface area contributed by atoms with Crippen LogP contribution in [0.3, 0.4) is 0 Å². The fourth-order valence-corrected chi connectivity index (χ4v) is 2.42. The van der Waals surface area contributed by atoms with Gasteiger partial charge in [0.1, 0.15) is 0 Å². The number of rotatable bonds is 5. The van der Waals surface area contributed by atoms with Crippen LogP contribution >= 0.6 is 15.9 Å². The van der Waals surface area contributed by atoms with E-state index in [9.17, 15) is 9.59 Å². The molecule has 0 aliphatic carbocycles. The number of hydrazone groups is 1. The molecule has 2 amide bonds. The molecule has 0 spiro atoms. The molecule has 3 aromatic rings. The number of nitrogens with one attached hydrogen (secondary N) is 2. The minimum Gasteiger partial charge on any atom is -0.459 e. The minimum atomic E-state index is -0.436. The van der Waals surface area contributed by atoms with Crippen LogP contribution in [-0.2, 0) is 0 Å². The highest BCUT2D eigenvalue weighted by molar-refractivity contribution is 9.10. The number of para-hydroxylation sites is 1. The maximum absolute atomic E-state index is 12.4. The maximum Gasteiger partial charge on any atom is 0.291 e. The molecule has 0 radical (unpaired) electrons. The third-order valence-corrected chi connectivity index (χ3v) is 3.94. The number of hydrogen-bond acceptors (Lipinski definition) is 4. The zero-order valence-electron chi connectivity index (χ0n) is 13.5. The molecule has 26 heavy (non-hydrogen) atoms. The summed E-state index contributed by atoms with van der Waals surface area (Å²) in [6, 6.07) is 17.3. The van der Waals surface area contributed by atoms with Crippen LogP contribution in [0.1, 0.15) is 26.5 Å². The molecule has 0 aliphatic heterocycles.